The lowest BCUT2D eigenvalue weighted by Crippen LogP contribution is -2.26. The van der Waals surface area contributed by atoms with E-state index in [-0.39, 0.29) is 13.2 Å². The quantitative estimate of drug-likeness (QED) is 0.424. The van der Waals surface area contributed by atoms with Crippen molar-refractivity contribution in [1.82, 2.24) is 0 Å². The van der Waals surface area contributed by atoms with Crippen LogP contribution < -0.4 is 0 Å². The van der Waals surface area contributed by atoms with Gasteiger partial charge in [-0.2, -0.15) is 0 Å². The summed E-state index contributed by atoms with van der Waals surface area (Å²) < 4.78 is 4.90. The topological polar surface area (TPSA) is 73.2 Å². The molecule has 0 aromatic heterocycles. The predicted octanol–water partition coefficient (Wildman–Crippen LogP) is -1.51. The van der Waals surface area contributed by atoms with E-state index >= 15 is 0 Å². The first-order valence-corrected chi connectivity index (χ1v) is 3.26. The first-order chi connectivity index (χ1) is 4.72. The van der Waals surface area contributed by atoms with Gasteiger partial charge in [-0.1, -0.05) is 0 Å². The molecule has 0 aromatic carbocycles. The summed E-state index contributed by atoms with van der Waals surface area (Å²) in [6.45, 7) is 0.135. The summed E-state index contributed by atoms with van der Waals surface area (Å²) in [5.41, 5.74) is -0.540. The van der Waals surface area contributed by atoms with E-state index in [1.807, 2.05) is 0 Å². The number of epoxide rings is 1. The molecule has 1 fully saturated rings. The first-order valence-electron chi connectivity index (χ1n) is 3.26. The highest BCUT2D eigenvalue weighted by Crippen LogP contribution is 2.31. The van der Waals surface area contributed by atoms with E-state index < -0.39 is 11.7 Å². The fourth-order valence-electron chi connectivity index (χ4n) is 0.870. The van der Waals surface area contributed by atoms with E-state index in [1.165, 1.54) is 0 Å². The van der Waals surface area contributed by atoms with Crippen molar-refractivity contribution in [2.45, 2.75) is 18.1 Å². The lowest BCUT2D eigenvalue weighted by molar-refractivity contribution is 0.0497. The summed E-state index contributed by atoms with van der Waals surface area (Å²) >= 11 is 0. The molecule has 4 heteroatoms. The van der Waals surface area contributed by atoms with E-state index in [0.29, 0.717) is 13.0 Å². The molecule has 1 heterocycles. The van der Waals surface area contributed by atoms with Gasteiger partial charge in [0.1, 0.15) is 5.60 Å². The SMILES string of the molecule is OCC(O)C[C@@]1(CO)CO1. The van der Waals surface area contributed by atoms with E-state index in [2.05, 4.69) is 0 Å². The highest BCUT2D eigenvalue weighted by molar-refractivity contribution is 4.93. The molecule has 1 aliphatic rings. The fraction of sp³-hybridized carbons (Fsp3) is 1.00. The van der Waals surface area contributed by atoms with Gasteiger partial charge in [-0.15, -0.1) is 0 Å². The van der Waals surface area contributed by atoms with Crippen LogP contribution in [0.1, 0.15) is 6.42 Å². The van der Waals surface area contributed by atoms with Crippen LogP contribution in [0.5, 0.6) is 0 Å². The number of aliphatic hydroxyl groups is 3. The lowest BCUT2D eigenvalue weighted by Gasteiger charge is -2.11. The molecule has 1 aliphatic heterocycles. The number of ether oxygens (including phenoxy) is 1. The summed E-state index contributed by atoms with van der Waals surface area (Å²) in [5.74, 6) is 0. The van der Waals surface area contributed by atoms with Crippen LogP contribution in [-0.4, -0.2) is 46.8 Å². The van der Waals surface area contributed by atoms with Crippen LogP contribution in [0.15, 0.2) is 0 Å². The average Bonchev–Trinajstić information content (AvgIpc) is 2.70. The highest BCUT2D eigenvalue weighted by atomic mass is 16.6. The minimum Gasteiger partial charge on any atom is -0.394 e. The van der Waals surface area contributed by atoms with Crippen molar-refractivity contribution in [2.24, 2.45) is 0 Å². The second-order valence-electron chi connectivity index (χ2n) is 2.67. The van der Waals surface area contributed by atoms with Crippen molar-refractivity contribution in [2.75, 3.05) is 19.8 Å². The molecule has 1 saturated heterocycles. The molecule has 60 valence electrons. The Morgan fingerprint density at radius 2 is 2.10 bits per heavy atom. The van der Waals surface area contributed by atoms with Gasteiger partial charge in [0.25, 0.3) is 0 Å². The maximum Gasteiger partial charge on any atom is 0.117 e. The second kappa shape index (κ2) is 2.84. The van der Waals surface area contributed by atoms with Crippen molar-refractivity contribution in [3.8, 4) is 0 Å². The van der Waals surface area contributed by atoms with Crippen LogP contribution in [0.2, 0.25) is 0 Å². The van der Waals surface area contributed by atoms with Crippen LogP contribution in [-0.2, 0) is 4.74 Å². The molecule has 0 amide bonds. The van der Waals surface area contributed by atoms with Crippen molar-refractivity contribution in [3.63, 3.8) is 0 Å². The zero-order valence-electron chi connectivity index (χ0n) is 5.66. The number of rotatable bonds is 4. The molecule has 0 aromatic rings. The molecule has 0 radical (unpaired) electrons. The minimum absolute atomic E-state index is 0.0793. The van der Waals surface area contributed by atoms with Crippen LogP contribution in [0.25, 0.3) is 0 Å². The van der Waals surface area contributed by atoms with Crippen LogP contribution >= 0.6 is 0 Å². The van der Waals surface area contributed by atoms with Gasteiger partial charge >= 0.3 is 0 Å². The normalized spacial score (nSPS) is 33.9. The Bertz CT molecular complexity index is 110. The number of hydrogen-bond donors (Lipinski definition) is 3. The Morgan fingerprint density at radius 1 is 1.50 bits per heavy atom. The summed E-state index contributed by atoms with van der Waals surface area (Å²) in [7, 11) is 0. The molecule has 0 spiro atoms. The molecule has 1 unspecified atom stereocenters. The standard InChI is InChI=1S/C6H12O4/c7-2-5(9)1-6(3-8)4-10-6/h5,7-9H,1-4H2/t5?,6-/m1/s1. The Morgan fingerprint density at radius 3 is 2.40 bits per heavy atom. The lowest BCUT2D eigenvalue weighted by atomic mass is 10.0. The third kappa shape index (κ3) is 1.67. The van der Waals surface area contributed by atoms with Gasteiger partial charge in [-0.3, -0.25) is 0 Å². The van der Waals surface area contributed by atoms with Gasteiger partial charge in [0, 0.05) is 6.42 Å². The third-order valence-electron chi connectivity index (χ3n) is 1.66. The third-order valence-corrected chi connectivity index (χ3v) is 1.66. The predicted molar refractivity (Wildman–Crippen MR) is 33.5 cm³/mol. The van der Waals surface area contributed by atoms with Gasteiger partial charge in [0.15, 0.2) is 0 Å². The molecular weight excluding hydrogens is 136 g/mol. The molecule has 0 saturated carbocycles. The molecule has 3 N–H and O–H groups in total. The summed E-state index contributed by atoms with van der Waals surface area (Å²) in [5, 5.41) is 26.0. The smallest absolute Gasteiger partial charge is 0.117 e. The Hall–Kier alpha value is -0.160. The van der Waals surface area contributed by atoms with E-state index in [0.717, 1.165) is 0 Å². The van der Waals surface area contributed by atoms with Crippen LogP contribution in [0, 0.1) is 0 Å². The van der Waals surface area contributed by atoms with Crippen molar-refractivity contribution >= 4 is 0 Å². The summed E-state index contributed by atoms with van der Waals surface area (Å²) in [4.78, 5) is 0. The van der Waals surface area contributed by atoms with Gasteiger partial charge in [0.2, 0.25) is 0 Å². The van der Waals surface area contributed by atoms with Gasteiger partial charge in [0.05, 0.1) is 25.9 Å². The maximum atomic E-state index is 8.92. The fourth-order valence-corrected chi connectivity index (χ4v) is 0.870. The monoisotopic (exact) mass is 148 g/mol. The molecule has 1 rings (SSSR count). The van der Waals surface area contributed by atoms with Gasteiger partial charge in [-0.25, -0.2) is 0 Å². The Labute approximate surface area is 59.1 Å². The van der Waals surface area contributed by atoms with E-state index in [9.17, 15) is 0 Å². The molecular formula is C6H12O4. The van der Waals surface area contributed by atoms with Crippen molar-refractivity contribution in [3.05, 3.63) is 0 Å². The van der Waals surface area contributed by atoms with Crippen LogP contribution in [0.3, 0.4) is 0 Å². The first kappa shape index (κ1) is 7.94. The van der Waals surface area contributed by atoms with Gasteiger partial charge in [-0.05, 0) is 0 Å². The summed E-state index contributed by atoms with van der Waals surface area (Å²) in [6.07, 6.45) is -0.449. The zero-order valence-corrected chi connectivity index (χ0v) is 5.66. The van der Waals surface area contributed by atoms with Crippen LogP contribution in [0.4, 0.5) is 0 Å². The van der Waals surface area contributed by atoms with E-state index in [1.54, 1.807) is 0 Å². The molecule has 0 aliphatic carbocycles. The number of hydrogen-bond acceptors (Lipinski definition) is 4. The van der Waals surface area contributed by atoms with Crippen molar-refractivity contribution in [1.29, 1.82) is 0 Å². The average molecular weight is 148 g/mol. The number of aliphatic hydroxyl groups excluding tert-OH is 3. The second-order valence-corrected chi connectivity index (χ2v) is 2.67. The summed E-state index contributed by atoms with van der Waals surface area (Å²) in [6, 6.07) is 0. The van der Waals surface area contributed by atoms with Crippen molar-refractivity contribution < 1.29 is 20.1 Å². The molecule has 4 nitrogen and oxygen atoms in total. The van der Waals surface area contributed by atoms with Gasteiger partial charge < -0.3 is 20.1 Å². The van der Waals surface area contributed by atoms with E-state index in [4.69, 9.17) is 20.1 Å². The Kier molecular flexibility index (Phi) is 2.25. The molecule has 2 atom stereocenters. The Balaban J connectivity index is 2.23. The highest BCUT2D eigenvalue weighted by Gasteiger charge is 2.45. The molecule has 10 heavy (non-hydrogen) atoms. The minimum atomic E-state index is -0.769. The molecule has 0 bridgehead atoms. The maximum absolute atomic E-state index is 8.92. The largest absolute Gasteiger partial charge is 0.394 e. The zero-order chi connectivity index (χ0) is 7.61.